The van der Waals surface area contributed by atoms with Crippen LogP contribution in [0.25, 0.3) is 0 Å². The van der Waals surface area contributed by atoms with Crippen molar-refractivity contribution in [1.29, 1.82) is 0 Å². The molecular weight excluding hydrogens is 597 g/mol. The predicted octanol–water partition coefficient (Wildman–Crippen LogP) is 11.3. The molecule has 2 nitrogen and oxygen atoms in total. The van der Waals surface area contributed by atoms with Crippen LogP contribution in [-0.2, 0) is 10.2 Å². The molecule has 2 aliphatic heterocycles. The Labute approximate surface area is 278 Å². The molecule has 5 rings (SSSR count). The first-order valence-electron chi connectivity index (χ1n) is 16.0. The van der Waals surface area contributed by atoms with E-state index in [0.29, 0.717) is 0 Å². The van der Waals surface area contributed by atoms with Gasteiger partial charge in [-0.25, -0.2) is 0 Å². The summed E-state index contributed by atoms with van der Waals surface area (Å²) in [4.78, 5) is 0. The third kappa shape index (κ3) is 8.24. The third-order valence-electron chi connectivity index (χ3n) is 8.16. The molecule has 0 amide bonds. The predicted molar refractivity (Wildman–Crippen MR) is 187 cm³/mol. The highest BCUT2D eigenvalue weighted by molar-refractivity contribution is 6.50. The van der Waals surface area contributed by atoms with Crippen LogP contribution in [0.5, 0.6) is 0 Å². The Morgan fingerprint density at radius 1 is 0.532 bits per heavy atom. The number of ether oxygens (including phenoxy) is 1. The second-order valence-electron chi connectivity index (χ2n) is 15.1. The third-order valence-corrected chi connectivity index (χ3v) is 8.16. The summed E-state index contributed by atoms with van der Waals surface area (Å²) >= 11 is 0. The van der Waals surface area contributed by atoms with Gasteiger partial charge in [-0.3, -0.25) is 0 Å². The van der Waals surface area contributed by atoms with Crippen molar-refractivity contribution >= 4 is 13.5 Å². The Kier molecular flexibility index (Phi) is 10.0. The van der Waals surface area contributed by atoms with Crippen LogP contribution in [0.1, 0.15) is 79.0 Å². The van der Waals surface area contributed by atoms with Gasteiger partial charge in [-0.15, -0.1) is 0 Å². The largest absolute Gasteiger partial charge is 0.673 e. The van der Waals surface area contributed by atoms with Crippen LogP contribution < -0.4 is 0 Å². The molecule has 0 atom stereocenters. The van der Waals surface area contributed by atoms with Gasteiger partial charge in [-0.1, -0.05) is 133 Å². The van der Waals surface area contributed by atoms with Gasteiger partial charge in [0.1, 0.15) is 11.5 Å². The minimum atomic E-state index is -6.00. The van der Waals surface area contributed by atoms with Gasteiger partial charge in [0.05, 0.1) is 11.0 Å². The number of halogens is 4. The summed E-state index contributed by atoms with van der Waals surface area (Å²) in [5.74, 6) is 1.99. The first-order valence-corrected chi connectivity index (χ1v) is 16.0. The Hall–Kier alpha value is -4.13. The molecular formula is C40H46BF4NO. The first kappa shape index (κ1) is 35.7. The molecule has 0 aromatic heterocycles. The van der Waals surface area contributed by atoms with E-state index in [2.05, 4.69) is 182 Å². The molecule has 47 heavy (non-hydrogen) atoms. The van der Waals surface area contributed by atoms with Crippen molar-refractivity contribution in [3.63, 3.8) is 0 Å². The summed E-state index contributed by atoms with van der Waals surface area (Å²) in [6, 6.07) is 32.8. The van der Waals surface area contributed by atoms with Crippen LogP contribution in [0.3, 0.4) is 0 Å². The zero-order chi connectivity index (χ0) is 34.8. The molecule has 0 radical (unpaired) electrons. The van der Waals surface area contributed by atoms with E-state index in [1.54, 1.807) is 0 Å². The van der Waals surface area contributed by atoms with E-state index in [9.17, 15) is 17.3 Å². The molecule has 2 heterocycles. The van der Waals surface area contributed by atoms with Gasteiger partial charge in [0.15, 0.2) is 11.8 Å². The second kappa shape index (κ2) is 13.2. The highest BCUT2D eigenvalue weighted by Crippen LogP contribution is 2.48. The summed E-state index contributed by atoms with van der Waals surface area (Å²) < 4.78 is 48.0. The topological polar surface area (TPSA) is 12.2 Å². The Balaban J connectivity index is 0.000000930. The average molecular weight is 644 g/mol. The van der Waals surface area contributed by atoms with E-state index in [4.69, 9.17) is 4.74 Å². The lowest BCUT2D eigenvalue weighted by molar-refractivity contribution is -0.541. The van der Waals surface area contributed by atoms with E-state index >= 15 is 0 Å². The number of hydrogen-bond acceptors (Lipinski definition) is 1. The number of benzene rings is 3. The van der Waals surface area contributed by atoms with Crippen molar-refractivity contribution in [1.82, 2.24) is 0 Å². The van der Waals surface area contributed by atoms with Crippen molar-refractivity contribution in [3.05, 3.63) is 154 Å². The highest BCUT2D eigenvalue weighted by Gasteiger charge is 2.46. The zero-order valence-corrected chi connectivity index (χ0v) is 28.9. The van der Waals surface area contributed by atoms with E-state index in [0.717, 1.165) is 11.5 Å². The summed E-state index contributed by atoms with van der Waals surface area (Å²) in [7, 11) is -6.00. The maximum Gasteiger partial charge on any atom is 0.673 e. The van der Waals surface area contributed by atoms with Crippen LogP contribution in [0.4, 0.5) is 17.3 Å². The fourth-order valence-electron chi connectivity index (χ4n) is 5.90. The monoisotopic (exact) mass is 643 g/mol. The van der Waals surface area contributed by atoms with Gasteiger partial charge in [0.25, 0.3) is 0 Å². The fraction of sp³-hybridized carbons (Fsp3) is 0.325. The lowest BCUT2D eigenvalue weighted by atomic mass is 9.65. The Morgan fingerprint density at radius 2 is 0.872 bits per heavy atom. The molecule has 0 aliphatic carbocycles. The molecule has 3 aromatic carbocycles. The average Bonchev–Trinajstić information content (AvgIpc) is 3.44. The summed E-state index contributed by atoms with van der Waals surface area (Å²) in [5.41, 5.74) is 6.44. The van der Waals surface area contributed by atoms with Gasteiger partial charge in [-0.05, 0) is 28.8 Å². The second-order valence-corrected chi connectivity index (χ2v) is 15.1. The van der Waals surface area contributed by atoms with E-state index in [-0.39, 0.29) is 16.4 Å². The van der Waals surface area contributed by atoms with Crippen LogP contribution in [0.15, 0.2) is 138 Å². The smallest absolute Gasteiger partial charge is 0.465 e. The molecule has 3 aromatic rings. The van der Waals surface area contributed by atoms with E-state index in [1.807, 2.05) is 0 Å². The van der Waals surface area contributed by atoms with Gasteiger partial charge in [0, 0.05) is 43.3 Å². The number of hydrogen-bond donors (Lipinski definition) is 0. The lowest BCUT2D eigenvalue weighted by Crippen LogP contribution is -2.35. The fourth-order valence-corrected chi connectivity index (χ4v) is 5.90. The van der Waals surface area contributed by atoms with Crippen LogP contribution in [-0.4, -0.2) is 23.6 Å². The Morgan fingerprint density at radius 3 is 1.17 bits per heavy atom. The molecule has 0 N–H and O–H groups in total. The standard InChI is InChI=1S/C40H46NO.BF4/c1-37(2,3)35-25-29(26-36(42-35)38(4,5)6)34-27-33(28-41(34)39(7,8)9)40(30-19-13-10-14-20-30,31-21-15-11-16-22-31)32-23-17-12-18-24-32;2-1(3,4)5/h10-28H,1-9H3;/q+1;-1. The highest BCUT2D eigenvalue weighted by atomic mass is 19.5. The van der Waals surface area contributed by atoms with Gasteiger partial charge >= 0.3 is 7.25 Å². The molecule has 0 spiro atoms. The molecule has 0 saturated heterocycles. The maximum absolute atomic E-state index is 9.75. The van der Waals surface area contributed by atoms with Gasteiger partial charge in [0.2, 0.25) is 5.70 Å². The number of nitrogens with zero attached hydrogens (tertiary/aromatic N) is 1. The normalized spacial score (nSPS) is 15.9. The minimum absolute atomic E-state index is 0.125. The molecule has 0 fully saturated rings. The van der Waals surface area contributed by atoms with Crippen molar-refractivity contribution < 1.29 is 26.6 Å². The molecule has 248 valence electrons. The molecule has 2 aliphatic rings. The lowest BCUT2D eigenvalue weighted by Gasteiger charge is -2.35. The molecule has 0 unspecified atom stereocenters. The zero-order valence-electron chi connectivity index (χ0n) is 28.9. The summed E-state index contributed by atoms with van der Waals surface area (Å²) in [6.45, 7) is 20.2. The minimum Gasteiger partial charge on any atom is -0.465 e. The molecule has 0 bridgehead atoms. The van der Waals surface area contributed by atoms with Gasteiger partial charge < -0.3 is 22.0 Å². The van der Waals surface area contributed by atoms with Crippen molar-refractivity contribution in [2.75, 3.05) is 0 Å². The Bertz CT molecular complexity index is 1580. The summed E-state index contributed by atoms with van der Waals surface area (Å²) in [6.07, 6.45) is 9.32. The number of rotatable bonds is 4. The SMILES string of the molecule is CC(C)(C)C1=CC(=C2C=C(C(c3ccccc3)(c3ccccc3)c3ccccc3)C=[N+]2C(C)(C)C)C=C(C(C)(C)C)O1.F[B-](F)(F)F. The van der Waals surface area contributed by atoms with Crippen molar-refractivity contribution in [3.8, 4) is 0 Å². The van der Waals surface area contributed by atoms with Gasteiger partial charge in [-0.2, -0.15) is 4.58 Å². The van der Waals surface area contributed by atoms with E-state index in [1.165, 1.54) is 33.5 Å². The van der Waals surface area contributed by atoms with E-state index < -0.39 is 12.7 Å². The van der Waals surface area contributed by atoms with Crippen molar-refractivity contribution in [2.45, 2.75) is 73.3 Å². The molecule has 0 saturated carbocycles. The quantitative estimate of drug-likeness (QED) is 0.119. The molecule has 7 heteroatoms. The van der Waals surface area contributed by atoms with Crippen LogP contribution >= 0.6 is 0 Å². The number of allylic oxidation sites excluding steroid dienone is 7. The first-order chi connectivity index (χ1) is 21.7. The van der Waals surface area contributed by atoms with Crippen LogP contribution in [0, 0.1) is 10.8 Å². The maximum atomic E-state index is 9.75. The van der Waals surface area contributed by atoms with Crippen molar-refractivity contribution in [2.24, 2.45) is 10.8 Å². The van der Waals surface area contributed by atoms with Crippen LogP contribution in [0.2, 0.25) is 0 Å². The summed E-state index contributed by atoms with van der Waals surface area (Å²) in [5, 5.41) is 0.